The number of non-ortho nitro benzene ring substituents is 1. The first-order valence-electron chi connectivity index (χ1n) is 6.04. The van der Waals surface area contributed by atoms with Gasteiger partial charge in [0.2, 0.25) is 0 Å². The smallest absolute Gasteiger partial charge is 0.270 e. The van der Waals surface area contributed by atoms with Gasteiger partial charge in [0, 0.05) is 18.7 Å². The van der Waals surface area contributed by atoms with Crippen LogP contribution < -0.4 is 5.32 Å². The van der Waals surface area contributed by atoms with Crippen molar-refractivity contribution in [3.8, 4) is 6.07 Å². The van der Waals surface area contributed by atoms with E-state index in [2.05, 4.69) is 12.2 Å². The van der Waals surface area contributed by atoms with Crippen LogP contribution in [-0.4, -0.2) is 11.5 Å². The first-order valence-corrected chi connectivity index (χ1v) is 6.04. The standard InChI is InChI=1S/C13H15N3O2/c1-9(10-2-3-10)8-15-13-5-4-12(16(17)18)6-11(13)7-14/h4-6,9-10,15H,2-3,8H2,1H3. The minimum atomic E-state index is -0.489. The van der Waals surface area contributed by atoms with Gasteiger partial charge in [0.1, 0.15) is 6.07 Å². The molecule has 18 heavy (non-hydrogen) atoms. The minimum Gasteiger partial charge on any atom is -0.384 e. The number of nitrogens with zero attached hydrogens (tertiary/aromatic N) is 2. The lowest BCUT2D eigenvalue weighted by Gasteiger charge is -2.13. The summed E-state index contributed by atoms with van der Waals surface area (Å²) in [6, 6.07) is 6.33. The van der Waals surface area contributed by atoms with Gasteiger partial charge in [0.15, 0.2) is 0 Å². The normalized spacial score (nSPS) is 15.8. The third kappa shape index (κ3) is 2.77. The summed E-state index contributed by atoms with van der Waals surface area (Å²) >= 11 is 0. The lowest BCUT2D eigenvalue weighted by atomic mass is 10.1. The lowest BCUT2D eigenvalue weighted by molar-refractivity contribution is -0.384. The van der Waals surface area contributed by atoms with E-state index in [1.54, 1.807) is 6.07 Å². The zero-order chi connectivity index (χ0) is 13.1. The van der Waals surface area contributed by atoms with E-state index in [-0.39, 0.29) is 5.69 Å². The summed E-state index contributed by atoms with van der Waals surface area (Å²) in [5.74, 6) is 1.37. The van der Waals surface area contributed by atoms with Gasteiger partial charge in [-0.2, -0.15) is 5.26 Å². The van der Waals surface area contributed by atoms with Gasteiger partial charge >= 0.3 is 0 Å². The van der Waals surface area contributed by atoms with Gasteiger partial charge in [0.05, 0.1) is 16.2 Å². The average molecular weight is 245 g/mol. The van der Waals surface area contributed by atoms with Crippen molar-refractivity contribution < 1.29 is 4.92 Å². The fourth-order valence-corrected chi connectivity index (χ4v) is 2.00. The van der Waals surface area contributed by atoms with Crippen molar-refractivity contribution in [1.82, 2.24) is 0 Å². The minimum absolute atomic E-state index is 0.0488. The largest absolute Gasteiger partial charge is 0.384 e. The third-order valence-electron chi connectivity index (χ3n) is 3.38. The Hall–Kier alpha value is -2.09. The fourth-order valence-electron chi connectivity index (χ4n) is 2.00. The molecule has 1 aliphatic carbocycles. The molecule has 0 amide bonds. The number of hydrogen-bond donors (Lipinski definition) is 1. The molecular formula is C13H15N3O2. The van der Waals surface area contributed by atoms with Gasteiger partial charge in [-0.1, -0.05) is 6.92 Å². The number of benzene rings is 1. The second-order valence-electron chi connectivity index (χ2n) is 4.79. The van der Waals surface area contributed by atoms with Crippen LogP contribution in [-0.2, 0) is 0 Å². The molecule has 1 atom stereocenters. The van der Waals surface area contributed by atoms with E-state index in [9.17, 15) is 10.1 Å². The highest BCUT2D eigenvalue weighted by Gasteiger charge is 2.27. The van der Waals surface area contributed by atoms with E-state index < -0.39 is 4.92 Å². The number of rotatable bonds is 5. The summed E-state index contributed by atoms with van der Waals surface area (Å²) < 4.78 is 0. The Bertz CT molecular complexity index is 503. The molecular weight excluding hydrogens is 230 g/mol. The Balaban J connectivity index is 2.07. The van der Waals surface area contributed by atoms with Crippen LogP contribution in [0.25, 0.3) is 0 Å². The van der Waals surface area contributed by atoms with Crippen LogP contribution in [0.4, 0.5) is 11.4 Å². The predicted octanol–water partition coefficient (Wildman–Crippen LogP) is 2.92. The SMILES string of the molecule is CC(CNc1ccc([N+](=O)[O-])cc1C#N)C1CC1. The zero-order valence-electron chi connectivity index (χ0n) is 10.2. The molecule has 1 aromatic carbocycles. The number of anilines is 1. The average Bonchev–Trinajstić information content (AvgIpc) is 3.19. The molecule has 5 nitrogen and oxygen atoms in total. The molecule has 1 aliphatic rings. The first-order chi connectivity index (χ1) is 8.61. The maximum absolute atomic E-state index is 10.6. The van der Waals surface area contributed by atoms with Crippen molar-refractivity contribution in [2.24, 2.45) is 11.8 Å². The van der Waals surface area contributed by atoms with Gasteiger partial charge < -0.3 is 5.32 Å². The third-order valence-corrected chi connectivity index (χ3v) is 3.38. The van der Waals surface area contributed by atoms with Gasteiger partial charge in [-0.25, -0.2) is 0 Å². The maximum Gasteiger partial charge on any atom is 0.270 e. The van der Waals surface area contributed by atoms with E-state index >= 15 is 0 Å². The van der Waals surface area contributed by atoms with Crippen molar-refractivity contribution in [2.45, 2.75) is 19.8 Å². The van der Waals surface area contributed by atoms with Gasteiger partial charge in [-0.15, -0.1) is 0 Å². The molecule has 1 fully saturated rings. The molecule has 0 radical (unpaired) electrons. The van der Waals surface area contributed by atoms with E-state index in [1.807, 2.05) is 6.07 Å². The highest BCUT2D eigenvalue weighted by molar-refractivity contribution is 5.61. The van der Waals surface area contributed by atoms with Crippen molar-refractivity contribution >= 4 is 11.4 Å². The Morgan fingerprint density at radius 3 is 2.89 bits per heavy atom. The number of nitro groups is 1. The highest BCUT2D eigenvalue weighted by Crippen LogP contribution is 2.36. The monoisotopic (exact) mass is 245 g/mol. The number of hydrogen-bond acceptors (Lipinski definition) is 4. The molecule has 2 rings (SSSR count). The second kappa shape index (κ2) is 5.05. The second-order valence-corrected chi connectivity index (χ2v) is 4.79. The van der Waals surface area contributed by atoms with Crippen molar-refractivity contribution in [3.05, 3.63) is 33.9 Å². The van der Waals surface area contributed by atoms with Crippen LogP contribution in [0.5, 0.6) is 0 Å². The van der Waals surface area contributed by atoms with Crippen LogP contribution in [0, 0.1) is 33.3 Å². The molecule has 0 heterocycles. The van der Waals surface area contributed by atoms with E-state index in [1.165, 1.54) is 25.0 Å². The van der Waals surface area contributed by atoms with Gasteiger partial charge in [0.25, 0.3) is 5.69 Å². The Labute approximate surface area is 106 Å². The molecule has 1 saturated carbocycles. The summed E-state index contributed by atoms with van der Waals surface area (Å²) in [6.07, 6.45) is 2.57. The van der Waals surface area contributed by atoms with Crippen LogP contribution in [0.3, 0.4) is 0 Å². The van der Waals surface area contributed by atoms with Crippen LogP contribution in [0.1, 0.15) is 25.3 Å². The number of nitrogens with one attached hydrogen (secondary N) is 1. The van der Waals surface area contributed by atoms with E-state index in [4.69, 9.17) is 5.26 Å². The van der Waals surface area contributed by atoms with Crippen molar-refractivity contribution in [2.75, 3.05) is 11.9 Å². The number of nitro benzene ring substituents is 1. The maximum atomic E-state index is 10.6. The molecule has 1 unspecified atom stereocenters. The van der Waals surface area contributed by atoms with E-state index in [0.717, 1.165) is 12.5 Å². The van der Waals surface area contributed by atoms with Crippen LogP contribution >= 0.6 is 0 Å². The summed E-state index contributed by atoms with van der Waals surface area (Å²) in [5.41, 5.74) is 0.954. The van der Waals surface area contributed by atoms with Crippen LogP contribution in [0.2, 0.25) is 0 Å². The highest BCUT2D eigenvalue weighted by atomic mass is 16.6. The van der Waals surface area contributed by atoms with Gasteiger partial charge in [-0.3, -0.25) is 10.1 Å². The van der Waals surface area contributed by atoms with E-state index in [0.29, 0.717) is 17.2 Å². The molecule has 0 spiro atoms. The molecule has 1 aromatic rings. The van der Waals surface area contributed by atoms with Crippen molar-refractivity contribution in [1.29, 1.82) is 5.26 Å². The summed E-state index contributed by atoms with van der Waals surface area (Å²) in [5, 5.41) is 22.8. The Kier molecular flexibility index (Phi) is 3.47. The molecule has 0 bridgehead atoms. The topological polar surface area (TPSA) is 79.0 Å². The lowest BCUT2D eigenvalue weighted by Crippen LogP contribution is -2.13. The molecule has 0 saturated heterocycles. The first kappa shape index (κ1) is 12.4. The summed E-state index contributed by atoms with van der Waals surface area (Å²) in [6.45, 7) is 2.99. The predicted molar refractivity (Wildman–Crippen MR) is 68.2 cm³/mol. The summed E-state index contributed by atoms with van der Waals surface area (Å²) in [7, 11) is 0. The summed E-state index contributed by atoms with van der Waals surface area (Å²) in [4.78, 5) is 10.1. The Morgan fingerprint density at radius 2 is 2.33 bits per heavy atom. The molecule has 0 aliphatic heterocycles. The van der Waals surface area contributed by atoms with Crippen LogP contribution in [0.15, 0.2) is 18.2 Å². The molecule has 5 heteroatoms. The Morgan fingerprint density at radius 1 is 1.61 bits per heavy atom. The fraction of sp³-hybridized carbons (Fsp3) is 0.462. The zero-order valence-corrected chi connectivity index (χ0v) is 10.2. The molecule has 94 valence electrons. The molecule has 1 N–H and O–H groups in total. The molecule has 0 aromatic heterocycles. The van der Waals surface area contributed by atoms with Gasteiger partial charge in [-0.05, 0) is 30.7 Å². The quantitative estimate of drug-likeness (QED) is 0.639. The number of nitriles is 1. The van der Waals surface area contributed by atoms with Crippen molar-refractivity contribution in [3.63, 3.8) is 0 Å².